The first-order chi connectivity index (χ1) is 8.95. The van der Waals surface area contributed by atoms with Crippen LogP contribution in [0.25, 0.3) is 0 Å². The molecule has 6 heteroatoms. The van der Waals surface area contributed by atoms with E-state index in [0.29, 0.717) is 30.8 Å². The minimum absolute atomic E-state index is 0.115. The van der Waals surface area contributed by atoms with Crippen LogP contribution in [0.2, 0.25) is 0 Å². The molecule has 6 nitrogen and oxygen atoms in total. The summed E-state index contributed by atoms with van der Waals surface area (Å²) in [7, 11) is 0. The Morgan fingerprint density at radius 2 is 1.21 bits per heavy atom. The summed E-state index contributed by atoms with van der Waals surface area (Å²) >= 11 is 0. The zero-order valence-electron chi connectivity index (χ0n) is 11.4. The smallest absolute Gasteiger partial charge is 0.335 e. The van der Waals surface area contributed by atoms with Crippen molar-refractivity contribution in [3.63, 3.8) is 0 Å². The first-order valence-electron chi connectivity index (χ1n) is 5.76. The normalized spacial score (nSPS) is 9.79. The Bertz CT molecular complexity index is 302. The number of carbonyl (C=O) groups is 2. The Kier molecular flexibility index (Phi) is 9.38. The van der Waals surface area contributed by atoms with Crippen LogP contribution in [0.3, 0.4) is 0 Å². The van der Waals surface area contributed by atoms with E-state index in [0.717, 1.165) is 0 Å². The molecule has 0 aliphatic rings. The number of hydrogen-bond donors (Lipinski definition) is 0. The molecule has 19 heavy (non-hydrogen) atoms. The van der Waals surface area contributed by atoms with E-state index in [1.165, 1.54) is 0 Å². The van der Waals surface area contributed by atoms with Gasteiger partial charge in [0.05, 0.1) is 13.2 Å². The summed E-state index contributed by atoms with van der Waals surface area (Å²) in [6.45, 7) is 10.5. The molecule has 0 rings (SSSR count). The molecule has 0 heterocycles. The minimum atomic E-state index is -0.483. The third-order valence-electron chi connectivity index (χ3n) is 1.82. The molecular weight excluding hydrogens is 252 g/mol. The number of esters is 2. The van der Waals surface area contributed by atoms with Crippen LogP contribution >= 0.6 is 0 Å². The van der Waals surface area contributed by atoms with Crippen LogP contribution in [0.4, 0.5) is 0 Å². The van der Waals surface area contributed by atoms with Crippen molar-refractivity contribution in [1.29, 1.82) is 0 Å². The highest BCUT2D eigenvalue weighted by molar-refractivity contribution is 5.87. The lowest BCUT2D eigenvalue weighted by molar-refractivity contribution is -0.153. The van der Waals surface area contributed by atoms with Gasteiger partial charge in [-0.05, 0) is 20.3 Å². The summed E-state index contributed by atoms with van der Waals surface area (Å²) in [6.07, 6.45) is 0.593. The van der Waals surface area contributed by atoms with Gasteiger partial charge in [-0.2, -0.15) is 0 Å². The van der Waals surface area contributed by atoms with E-state index in [1.54, 1.807) is 13.8 Å². The predicted octanol–water partition coefficient (Wildman–Crippen LogP) is 1.56. The van der Waals surface area contributed by atoms with Crippen molar-refractivity contribution in [2.75, 3.05) is 26.8 Å². The Morgan fingerprint density at radius 3 is 1.53 bits per heavy atom. The summed E-state index contributed by atoms with van der Waals surface area (Å²) in [5, 5.41) is 0. The molecule has 0 aromatic heterocycles. The molecule has 0 unspecified atom stereocenters. The molecule has 0 radical (unpaired) electrons. The highest BCUT2D eigenvalue weighted by Gasteiger charge is 2.03. The molecule has 108 valence electrons. The number of carbonyl (C=O) groups excluding carboxylic acids is 2. The Hall–Kier alpha value is -1.66. The molecule has 0 N–H and O–H groups in total. The molecule has 0 saturated carbocycles. The fraction of sp³-hybridized carbons (Fsp3) is 0.538. The molecule has 0 aromatic carbocycles. The Balaban J connectivity index is 3.28. The van der Waals surface area contributed by atoms with Crippen LogP contribution in [0, 0.1) is 0 Å². The van der Waals surface area contributed by atoms with Gasteiger partial charge in [0.25, 0.3) is 0 Å². The third-order valence-corrected chi connectivity index (χ3v) is 1.82. The van der Waals surface area contributed by atoms with Crippen LogP contribution in [-0.2, 0) is 28.5 Å². The van der Waals surface area contributed by atoms with Gasteiger partial charge in [-0.3, -0.25) is 0 Å². The van der Waals surface area contributed by atoms with Crippen LogP contribution < -0.4 is 0 Å². The van der Waals surface area contributed by atoms with Crippen molar-refractivity contribution in [3.8, 4) is 0 Å². The van der Waals surface area contributed by atoms with Crippen LogP contribution in [-0.4, -0.2) is 38.7 Å². The van der Waals surface area contributed by atoms with Crippen molar-refractivity contribution < 1.29 is 28.5 Å². The van der Waals surface area contributed by atoms with E-state index in [1.807, 2.05) is 0 Å². The van der Waals surface area contributed by atoms with Crippen molar-refractivity contribution in [2.45, 2.75) is 20.3 Å². The zero-order chi connectivity index (χ0) is 14.7. The predicted molar refractivity (Wildman–Crippen MR) is 68.1 cm³/mol. The number of ether oxygens (including phenoxy) is 4. The van der Waals surface area contributed by atoms with Gasteiger partial charge < -0.3 is 18.9 Å². The number of rotatable bonds is 10. The van der Waals surface area contributed by atoms with Crippen LogP contribution in [0.5, 0.6) is 0 Å². The second kappa shape index (κ2) is 10.3. The molecular formula is C13H20O6. The fourth-order valence-corrected chi connectivity index (χ4v) is 0.818. The van der Waals surface area contributed by atoms with Crippen molar-refractivity contribution in [1.82, 2.24) is 0 Å². The molecule has 0 fully saturated rings. The maximum atomic E-state index is 11.0. The van der Waals surface area contributed by atoms with Gasteiger partial charge >= 0.3 is 11.9 Å². The monoisotopic (exact) mass is 272 g/mol. The van der Waals surface area contributed by atoms with E-state index in [9.17, 15) is 9.59 Å². The first kappa shape index (κ1) is 17.3. The maximum absolute atomic E-state index is 11.0. The summed E-state index contributed by atoms with van der Waals surface area (Å²) in [4.78, 5) is 21.9. The van der Waals surface area contributed by atoms with E-state index in [4.69, 9.17) is 18.9 Å². The maximum Gasteiger partial charge on any atom is 0.335 e. The third kappa shape index (κ3) is 9.99. The average Bonchev–Trinajstić information content (AvgIpc) is 2.35. The fourth-order valence-electron chi connectivity index (χ4n) is 0.818. The van der Waals surface area contributed by atoms with Gasteiger partial charge in [-0.1, -0.05) is 13.2 Å². The lowest BCUT2D eigenvalue weighted by atomic mass is 10.4. The molecule has 0 amide bonds. The van der Waals surface area contributed by atoms with Crippen molar-refractivity contribution >= 4 is 11.9 Å². The minimum Gasteiger partial charge on any atom is -0.435 e. The van der Waals surface area contributed by atoms with Crippen molar-refractivity contribution in [2.24, 2.45) is 0 Å². The molecule has 0 aliphatic heterocycles. The molecule has 0 atom stereocenters. The standard InChI is InChI=1S/C13H20O6/c1-10(2)12(14)18-8-16-6-5-7-17-9-19-13(15)11(3)4/h1,3,5-9H2,2,4H3. The van der Waals surface area contributed by atoms with Gasteiger partial charge in [0.2, 0.25) is 0 Å². The van der Waals surface area contributed by atoms with Gasteiger partial charge in [0.1, 0.15) is 0 Å². The van der Waals surface area contributed by atoms with E-state index in [-0.39, 0.29) is 13.6 Å². The molecule has 0 aromatic rings. The lowest BCUT2D eigenvalue weighted by Gasteiger charge is -2.07. The summed E-state index contributed by atoms with van der Waals surface area (Å²) in [5.41, 5.74) is 0.650. The summed E-state index contributed by atoms with van der Waals surface area (Å²) < 4.78 is 19.5. The zero-order valence-corrected chi connectivity index (χ0v) is 11.4. The second-order valence-electron chi connectivity index (χ2n) is 3.83. The summed E-state index contributed by atoms with van der Waals surface area (Å²) in [6, 6.07) is 0. The highest BCUT2D eigenvalue weighted by atomic mass is 16.7. The van der Waals surface area contributed by atoms with Gasteiger partial charge in [-0.25, -0.2) is 9.59 Å². The lowest BCUT2D eigenvalue weighted by Crippen LogP contribution is -2.12. The van der Waals surface area contributed by atoms with Gasteiger partial charge in [-0.15, -0.1) is 0 Å². The SMILES string of the molecule is C=C(C)C(=O)OCOCCCOCOC(=O)C(=C)C. The highest BCUT2D eigenvalue weighted by Crippen LogP contribution is 1.94. The quantitative estimate of drug-likeness (QED) is 0.260. The average molecular weight is 272 g/mol. The topological polar surface area (TPSA) is 71.1 Å². The largest absolute Gasteiger partial charge is 0.435 e. The van der Waals surface area contributed by atoms with Crippen LogP contribution in [0.15, 0.2) is 24.3 Å². The van der Waals surface area contributed by atoms with E-state index < -0.39 is 11.9 Å². The molecule has 0 bridgehead atoms. The Morgan fingerprint density at radius 1 is 0.842 bits per heavy atom. The van der Waals surface area contributed by atoms with Gasteiger partial charge in [0, 0.05) is 11.1 Å². The molecule has 0 aliphatic carbocycles. The molecule has 0 spiro atoms. The van der Waals surface area contributed by atoms with E-state index in [2.05, 4.69) is 13.2 Å². The van der Waals surface area contributed by atoms with E-state index >= 15 is 0 Å². The second-order valence-corrected chi connectivity index (χ2v) is 3.83. The first-order valence-corrected chi connectivity index (χ1v) is 5.76. The Labute approximate surface area is 113 Å². The summed E-state index contributed by atoms with van der Waals surface area (Å²) in [5.74, 6) is -0.967. The molecule has 0 saturated heterocycles. The number of hydrogen-bond acceptors (Lipinski definition) is 6. The van der Waals surface area contributed by atoms with Crippen LogP contribution in [0.1, 0.15) is 20.3 Å². The van der Waals surface area contributed by atoms with Crippen molar-refractivity contribution in [3.05, 3.63) is 24.3 Å². The van der Waals surface area contributed by atoms with Gasteiger partial charge in [0.15, 0.2) is 13.6 Å².